The summed E-state index contributed by atoms with van der Waals surface area (Å²) in [5.41, 5.74) is 3.20. The average Bonchev–Trinajstić information content (AvgIpc) is 3.08. The van der Waals surface area contributed by atoms with Crippen molar-refractivity contribution in [1.29, 1.82) is 0 Å². The molecule has 0 radical (unpaired) electrons. The number of hydrogen-bond acceptors (Lipinski definition) is 4. The van der Waals surface area contributed by atoms with Gasteiger partial charge >= 0.3 is 0 Å². The second-order valence-electron chi connectivity index (χ2n) is 6.73. The lowest BCUT2D eigenvalue weighted by Gasteiger charge is -2.11. The summed E-state index contributed by atoms with van der Waals surface area (Å²) in [4.78, 5) is 2.15. The van der Waals surface area contributed by atoms with E-state index in [1.54, 1.807) is 7.11 Å². The Bertz CT molecular complexity index is 844. The van der Waals surface area contributed by atoms with Crippen LogP contribution in [0.15, 0.2) is 60.7 Å². The van der Waals surface area contributed by atoms with Crippen LogP contribution in [0.1, 0.15) is 17.7 Å². The summed E-state index contributed by atoms with van der Waals surface area (Å²) in [6, 6.07) is 20.3. The van der Waals surface area contributed by atoms with Crippen LogP contribution in [0.5, 0.6) is 11.6 Å². The van der Waals surface area contributed by atoms with Crippen molar-refractivity contribution in [3.63, 3.8) is 0 Å². The molecule has 0 aliphatic heterocycles. The van der Waals surface area contributed by atoms with E-state index in [4.69, 9.17) is 14.6 Å². The van der Waals surface area contributed by atoms with Gasteiger partial charge in [-0.2, -0.15) is 0 Å². The Morgan fingerprint density at radius 2 is 1.74 bits per heavy atom. The second-order valence-corrected chi connectivity index (χ2v) is 6.73. The highest BCUT2D eigenvalue weighted by atomic mass is 16.5. The van der Waals surface area contributed by atoms with Crippen molar-refractivity contribution in [2.45, 2.75) is 12.8 Å². The molecule has 0 saturated heterocycles. The Hall–Kier alpha value is -2.79. The molecule has 27 heavy (non-hydrogen) atoms. The van der Waals surface area contributed by atoms with E-state index in [9.17, 15) is 0 Å². The Kier molecular flexibility index (Phi) is 6.49. The Morgan fingerprint density at radius 1 is 1.00 bits per heavy atom. The van der Waals surface area contributed by atoms with Gasteiger partial charge in [0, 0.05) is 19.0 Å². The number of para-hydroxylation sites is 2. The molecule has 142 valence electrons. The van der Waals surface area contributed by atoms with Gasteiger partial charge in [0.15, 0.2) is 0 Å². The molecule has 0 aliphatic carbocycles. The molecule has 5 nitrogen and oxygen atoms in total. The van der Waals surface area contributed by atoms with E-state index in [0.29, 0.717) is 12.5 Å². The minimum atomic E-state index is 0.644. The normalized spacial score (nSPS) is 11.0. The van der Waals surface area contributed by atoms with Crippen LogP contribution in [0.2, 0.25) is 0 Å². The first-order valence-corrected chi connectivity index (χ1v) is 9.21. The fraction of sp³-hybridized carbons (Fsp3) is 0.318. The minimum absolute atomic E-state index is 0.644. The molecule has 1 heterocycles. The zero-order valence-corrected chi connectivity index (χ0v) is 16.3. The van der Waals surface area contributed by atoms with Crippen LogP contribution in [0, 0.1) is 0 Å². The number of rotatable bonds is 9. The molecule has 3 aromatic rings. The van der Waals surface area contributed by atoms with Gasteiger partial charge in [0.25, 0.3) is 0 Å². The second kappa shape index (κ2) is 9.24. The topological polar surface area (TPSA) is 39.5 Å². The van der Waals surface area contributed by atoms with Crippen LogP contribution in [0.25, 0.3) is 5.69 Å². The molecule has 0 amide bonds. The first-order valence-electron chi connectivity index (χ1n) is 9.21. The maximum Gasteiger partial charge on any atom is 0.233 e. The van der Waals surface area contributed by atoms with Gasteiger partial charge in [-0.15, -0.1) is 5.10 Å². The highest BCUT2D eigenvalue weighted by Crippen LogP contribution is 2.26. The summed E-state index contributed by atoms with van der Waals surface area (Å²) in [6.45, 7) is 1.63. The van der Waals surface area contributed by atoms with E-state index in [0.717, 1.165) is 36.5 Å². The SMILES string of the molecule is COc1ccccc1-n1nc(OCCCN(C)C)cc1Cc1ccccc1. The molecule has 0 fully saturated rings. The zero-order chi connectivity index (χ0) is 19.1. The molecule has 0 aliphatic rings. The number of ether oxygens (including phenoxy) is 2. The number of aromatic nitrogens is 2. The van der Waals surface area contributed by atoms with E-state index in [-0.39, 0.29) is 0 Å². The summed E-state index contributed by atoms with van der Waals surface area (Å²) in [6.07, 6.45) is 1.73. The highest BCUT2D eigenvalue weighted by Gasteiger charge is 2.14. The van der Waals surface area contributed by atoms with Crippen molar-refractivity contribution in [3.05, 3.63) is 71.9 Å². The Balaban J connectivity index is 1.87. The third kappa shape index (κ3) is 5.11. The van der Waals surface area contributed by atoms with Crippen LogP contribution < -0.4 is 9.47 Å². The first-order chi connectivity index (χ1) is 13.2. The van der Waals surface area contributed by atoms with Crippen molar-refractivity contribution in [2.75, 3.05) is 34.4 Å². The molecular formula is C22H27N3O2. The number of methoxy groups -OCH3 is 1. The van der Waals surface area contributed by atoms with Gasteiger partial charge in [0.1, 0.15) is 11.4 Å². The van der Waals surface area contributed by atoms with Crippen LogP contribution in [-0.4, -0.2) is 49.0 Å². The summed E-state index contributed by atoms with van der Waals surface area (Å²) >= 11 is 0. The molecule has 5 heteroatoms. The van der Waals surface area contributed by atoms with Crippen molar-refractivity contribution < 1.29 is 9.47 Å². The van der Waals surface area contributed by atoms with Gasteiger partial charge in [0.05, 0.1) is 19.4 Å². The zero-order valence-electron chi connectivity index (χ0n) is 16.3. The molecule has 0 N–H and O–H groups in total. The predicted molar refractivity (Wildman–Crippen MR) is 108 cm³/mol. The molecule has 0 bridgehead atoms. The highest BCUT2D eigenvalue weighted by molar-refractivity contribution is 5.48. The quantitative estimate of drug-likeness (QED) is 0.541. The summed E-state index contributed by atoms with van der Waals surface area (Å²) in [5.74, 6) is 1.43. The molecule has 0 unspecified atom stereocenters. The van der Waals surface area contributed by atoms with Gasteiger partial charge in [0.2, 0.25) is 5.88 Å². The van der Waals surface area contributed by atoms with Crippen LogP contribution in [0.3, 0.4) is 0 Å². The van der Waals surface area contributed by atoms with E-state index < -0.39 is 0 Å². The maximum absolute atomic E-state index is 5.91. The van der Waals surface area contributed by atoms with Crippen LogP contribution >= 0.6 is 0 Å². The predicted octanol–water partition coefficient (Wildman–Crippen LogP) is 3.80. The average molecular weight is 365 g/mol. The van der Waals surface area contributed by atoms with Crippen molar-refractivity contribution in [2.24, 2.45) is 0 Å². The molecule has 0 spiro atoms. The van der Waals surface area contributed by atoms with Crippen molar-refractivity contribution >= 4 is 0 Å². The standard InChI is InChI=1S/C22H27N3O2/c1-24(2)14-9-15-27-22-17-19(16-18-10-5-4-6-11-18)25(23-22)20-12-7-8-13-21(20)26-3/h4-8,10-13,17H,9,14-16H2,1-3H3. The lowest BCUT2D eigenvalue weighted by Crippen LogP contribution is -2.15. The van der Waals surface area contributed by atoms with E-state index >= 15 is 0 Å². The van der Waals surface area contributed by atoms with Crippen LogP contribution in [0.4, 0.5) is 0 Å². The summed E-state index contributed by atoms with van der Waals surface area (Å²) in [5, 5.41) is 4.70. The third-order valence-electron chi connectivity index (χ3n) is 4.30. The summed E-state index contributed by atoms with van der Waals surface area (Å²) in [7, 11) is 5.81. The maximum atomic E-state index is 5.91. The van der Waals surface area contributed by atoms with Gasteiger partial charge in [-0.1, -0.05) is 42.5 Å². The van der Waals surface area contributed by atoms with Gasteiger partial charge in [-0.3, -0.25) is 0 Å². The van der Waals surface area contributed by atoms with Crippen molar-refractivity contribution in [1.82, 2.24) is 14.7 Å². The number of hydrogen-bond donors (Lipinski definition) is 0. The van der Waals surface area contributed by atoms with Gasteiger partial charge in [-0.05, 0) is 38.2 Å². The molecule has 2 aromatic carbocycles. The van der Waals surface area contributed by atoms with E-state index in [2.05, 4.69) is 43.3 Å². The van der Waals surface area contributed by atoms with Gasteiger partial charge < -0.3 is 14.4 Å². The van der Waals surface area contributed by atoms with E-state index in [1.807, 2.05) is 41.1 Å². The molecular weight excluding hydrogens is 338 g/mol. The molecule has 1 aromatic heterocycles. The molecule has 0 atom stereocenters. The number of nitrogens with zero attached hydrogens (tertiary/aromatic N) is 3. The Morgan fingerprint density at radius 3 is 2.48 bits per heavy atom. The van der Waals surface area contributed by atoms with Gasteiger partial charge in [-0.25, -0.2) is 4.68 Å². The Labute approximate surface area is 161 Å². The van der Waals surface area contributed by atoms with Crippen molar-refractivity contribution in [3.8, 4) is 17.3 Å². The lowest BCUT2D eigenvalue weighted by atomic mass is 10.1. The summed E-state index contributed by atoms with van der Waals surface area (Å²) < 4.78 is 13.4. The number of benzene rings is 2. The monoisotopic (exact) mass is 365 g/mol. The lowest BCUT2D eigenvalue weighted by molar-refractivity contribution is 0.272. The largest absolute Gasteiger partial charge is 0.494 e. The molecule has 0 saturated carbocycles. The van der Waals surface area contributed by atoms with E-state index in [1.165, 1.54) is 5.56 Å². The fourth-order valence-electron chi connectivity index (χ4n) is 2.97. The smallest absolute Gasteiger partial charge is 0.233 e. The first kappa shape index (κ1) is 19.0. The third-order valence-corrected chi connectivity index (χ3v) is 4.30. The minimum Gasteiger partial charge on any atom is -0.494 e. The fourth-order valence-corrected chi connectivity index (χ4v) is 2.97. The van der Waals surface area contributed by atoms with Crippen LogP contribution in [-0.2, 0) is 6.42 Å². The molecule has 3 rings (SSSR count).